The van der Waals surface area contributed by atoms with E-state index in [0.29, 0.717) is 12.4 Å². The van der Waals surface area contributed by atoms with Gasteiger partial charge in [-0.1, -0.05) is 6.07 Å². The summed E-state index contributed by atoms with van der Waals surface area (Å²) in [6.07, 6.45) is 4.49. The van der Waals surface area contributed by atoms with E-state index in [1.165, 1.54) is 0 Å². The molecule has 0 aromatic carbocycles. The second-order valence-corrected chi connectivity index (χ2v) is 7.25. The maximum Gasteiger partial charge on any atom is 0.410 e. The summed E-state index contributed by atoms with van der Waals surface area (Å²) in [5.74, 6) is 0.614. The predicted molar refractivity (Wildman–Crippen MR) is 89.5 cm³/mol. The number of hydrogen-bond acceptors (Lipinski definition) is 4. The highest BCUT2D eigenvalue weighted by molar-refractivity contribution is 5.69. The molecule has 1 aliphatic heterocycles. The summed E-state index contributed by atoms with van der Waals surface area (Å²) in [6.45, 7) is 10.3. The van der Waals surface area contributed by atoms with Crippen molar-refractivity contribution in [2.45, 2.75) is 71.6 Å². The van der Waals surface area contributed by atoms with Crippen LogP contribution in [0.25, 0.3) is 0 Å². The molecule has 0 N–H and O–H groups in total. The number of hydrogen-bond donors (Lipinski definition) is 0. The van der Waals surface area contributed by atoms with Crippen molar-refractivity contribution in [1.82, 2.24) is 9.88 Å². The fourth-order valence-corrected chi connectivity index (χ4v) is 2.77. The van der Waals surface area contributed by atoms with Gasteiger partial charge >= 0.3 is 6.09 Å². The third kappa shape index (κ3) is 4.85. The first-order chi connectivity index (χ1) is 10.8. The third-order valence-corrected chi connectivity index (χ3v) is 3.64. The number of pyridine rings is 1. The minimum absolute atomic E-state index is 0.0407. The van der Waals surface area contributed by atoms with Crippen LogP contribution in [0, 0.1) is 0 Å². The molecule has 1 aromatic heterocycles. The van der Waals surface area contributed by atoms with Gasteiger partial charge in [0.2, 0.25) is 5.88 Å². The second kappa shape index (κ2) is 7.20. The monoisotopic (exact) mass is 320 g/mol. The molecule has 5 heteroatoms. The van der Waals surface area contributed by atoms with Crippen LogP contribution in [-0.4, -0.2) is 34.2 Å². The summed E-state index contributed by atoms with van der Waals surface area (Å²) in [5, 5.41) is 0. The van der Waals surface area contributed by atoms with E-state index in [-0.39, 0.29) is 18.2 Å². The number of piperidine rings is 1. The van der Waals surface area contributed by atoms with Crippen molar-refractivity contribution in [2.75, 3.05) is 6.54 Å². The number of carbonyl (C=O) groups excluding carboxylic acids is 1. The molecule has 1 aromatic rings. The summed E-state index contributed by atoms with van der Waals surface area (Å²) >= 11 is 0. The van der Waals surface area contributed by atoms with Crippen molar-refractivity contribution in [3.05, 3.63) is 23.9 Å². The zero-order chi connectivity index (χ0) is 17.0. The number of carbonyl (C=O) groups is 1. The number of amides is 1. The Morgan fingerprint density at radius 1 is 1.35 bits per heavy atom. The Bertz CT molecular complexity index is 537. The van der Waals surface area contributed by atoms with Crippen LogP contribution in [-0.2, 0) is 4.74 Å². The Morgan fingerprint density at radius 2 is 2.09 bits per heavy atom. The lowest BCUT2D eigenvalue weighted by molar-refractivity contribution is 0.00907. The summed E-state index contributed by atoms with van der Waals surface area (Å²) in [7, 11) is 0. The van der Waals surface area contributed by atoms with E-state index in [1.54, 1.807) is 6.20 Å². The second-order valence-electron chi connectivity index (χ2n) is 7.25. The number of aromatic nitrogens is 1. The minimum atomic E-state index is -0.495. The average Bonchev–Trinajstić information content (AvgIpc) is 2.45. The number of rotatable bonds is 3. The lowest BCUT2D eigenvalue weighted by atomic mass is 9.96. The molecule has 128 valence electrons. The maximum atomic E-state index is 12.6. The molecule has 2 rings (SSSR count). The third-order valence-electron chi connectivity index (χ3n) is 3.64. The fourth-order valence-electron chi connectivity index (χ4n) is 2.77. The van der Waals surface area contributed by atoms with Gasteiger partial charge in [0.1, 0.15) is 5.60 Å². The lowest BCUT2D eigenvalue weighted by Gasteiger charge is -2.37. The molecular formula is C18H28N2O3. The van der Waals surface area contributed by atoms with Gasteiger partial charge in [0.05, 0.1) is 12.1 Å². The van der Waals surface area contributed by atoms with Crippen molar-refractivity contribution < 1.29 is 14.3 Å². The average molecular weight is 320 g/mol. The van der Waals surface area contributed by atoms with E-state index in [4.69, 9.17) is 9.47 Å². The largest absolute Gasteiger partial charge is 0.475 e. The number of nitrogens with zero attached hydrogens (tertiary/aromatic N) is 2. The zero-order valence-electron chi connectivity index (χ0n) is 14.8. The van der Waals surface area contributed by atoms with Crippen molar-refractivity contribution in [2.24, 2.45) is 0 Å². The highest BCUT2D eigenvalue weighted by Crippen LogP contribution is 2.36. The molecular weight excluding hydrogens is 292 g/mol. The van der Waals surface area contributed by atoms with Gasteiger partial charge in [0.15, 0.2) is 0 Å². The van der Waals surface area contributed by atoms with E-state index in [1.807, 2.05) is 51.7 Å². The summed E-state index contributed by atoms with van der Waals surface area (Å²) in [6, 6.07) is 3.85. The van der Waals surface area contributed by atoms with Crippen LogP contribution in [0.3, 0.4) is 0 Å². The van der Waals surface area contributed by atoms with Gasteiger partial charge in [-0.25, -0.2) is 9.78 Å². The van der Waals surface area contributed by atoms with E-state index >= 15 is 0 Å². The van der Waals surface area contributed by atoms with Gasteiger partial charge in [0, 0.05) is 18.3 Å². The highest BCUT2D eigenvalue weighted by Gasteiger charge is 2.33. The molecule has 5 nitrogen and oxygen atoms in total. The first-order valence-electron chi connectivity index (χ1n) is 8.39. The van der Waals surface area contributed by atoms with Gasteiger partial charge in [-0.3, -0.25) is 0 Å². The Hall–Kier alpha value is -1.78. The van der Waals surface area contributed by atoms with Crippen LogP contribution < -0.4 is 4.74 Å². The Kier molecular flexibility index (Phi) is 5.50. The van der Waals surface area contributed by atoms with E-state index < -0.39 is 5.60 Å². The Balaban J connectivity index is 2.26. The van der Waals surface area contributed by atoms with Crippen molar-refractivity contribution in [3.63, 3.8) is 0 Å². The Labute approximate surface area is 139 Å². The summed E-state index contributed by atoms with van der Waals surface area (Å²) < 4.78 is 11.4. The van der Waals surface area contributed by atoms with Crippen LogP contribution in [0.1, 0.15) is 65.5 Å². The van der Waals surface area contributed by atoms with Crippen molar-refractivity contribution >= 4 is 6.09 Å². The van der Waals surface area contributed by atoms with Crippen molar-refractivity contribution in [3.8, 4) is 5.88 Å². The number of ether oxygens (including phenoxy) is 2. The molecule has 2 heterocycles. The maximum absolute atomic E-state index is 12.6. The molecule has 1 amide bonds. The molecule has 0 spiro atoms. The van der Waals surface area contributed by atoms with Gasteiger partial charge in [-0.15, -0.1) is 0 Å². The molecule has 1 atom stereocenters. The van der Waals surface area contributed by atoms with Gasteiger partial charge in [-0.2, -0.15) is 0 Å². The lowest BCUT2D eigenvalue weighted by Crippen LogP contribution is -2.42. The summed E-state index contributed by atoms with van der Waals surface area (Å²) in [4.78, 5) is 18.8. The van der Waals surface area contributed by atoms with Gasteiger partial charge < -0.3 is 14.4 Å². The Morgan fingerprint density at radius 3 is 2.74 bits per heavy atom. The minimum Gasteiger partial charge on any atom is -0.475 e. The van der Waals surface area contributed by atoms with E-state index in [0.717, 1.165) is 24.8 Å². The molecule has 1 fully saturated rings. The molecule has 1 saturated heterocycles. The zero-order valence-corrected chi connectivity index (χ0v) is 14.8. The SMILES string of the molecule is CC(C)Oc1ncccc1[C@@H]1CCCCN1C(=O)OC(C)(C)C. The van der Waals surface area contributed by atoms with Crippen LogP contribution in [0.2, 0.25) is 0 Å². The fraction of sp³-hybridized carbons (Fsp3) is 0.667. The molecule has 0 bridgehead atoms. The van der Waals surface area contributed by atoms with E-state index in [9.17, 15) is 4.79 Å². The molecule has 0 aliphatic carbocycles. The van der Waals surface area contributed by atoms with Gasteiger partial charge in [0.25, 0.3) is 0 Å². The van der Waals surface area contributed by atoms with E-state index in [2.05, 4.69) is 4.98 Å². The van der Waals surface area contributed by atoms with Crippen molar-refractivity contribution in [1.29, 1.82) is 0 Å². The van der Waals surface area contributed by atoms with Crippen LogP contribution in [0.15, 0.2) is 18.3 Å². The molecule has 0 saturated carbocycles. The van der Waals surface area contributed by atoms with Crippen LogP contribution in [0.4, 0.5) is 4.79 Å². The quantitative estimate of drug-likeness (QED) is 0.831. The predicted octanol–water partition coefficient (Wildman–Crippen LogP) is 4.33. The first kappa shape index (κ1) is 17.6. The summed E-state index contributed by atoms with van der Waals surface area (Å²) in [5.41, 5.74) is 0.470. The molecule has 1 aliphatic rings. The standard InChI is InChI=1S/C18H28N2O3/c1-13(2)22-16-14(9-8-11-19-16)15-10-6-7-12-20(15)17(21)23-18(3,4)5/h8-9,11,13,15H,6-7,10,12H2,1-5H3/t15-/m0/s1. The smallest absolute Gasteiger partial charge is 0.410 e. The van der Waals surface area contributed by atoms with Crippen LogP contribution >= 0.6 is 0 Å². The van der Waals surface area contributed by atoms with Crippen LogP contribution in [0.5, 0.6) is 5.88 Å². The normalized spacial score (nSPS) is 18.9. The van der Waals surface area contributed by atoms with Gasteiger partial charge in [-0.05, 0) is 59.9 Å². The first-order valence-corrected chi connectivity index (χ1v) is 8.39. The molecule has 0 unspecified atom stereocenters. The molecule has 23 heavy (non-hydrogen) atoms. The molecule has 0 radical (unpaired) electrons. The highest BCUT2D eigenvalue weighted by atomic mass is 16.6. The topological polar surface area (TPSA) is 51.7 Å². The number of likely N-dealkylation sites (tertiary alicyclic amines) is 1.